The summed E-state index contributed by atoms with van der Waals surface area (Å²) in [6.45, 7) is 5.19. The molecule has 1 atom stereocenters. The molecule has 0 spiro atoms. The fourth-order valence-corrected chi connectivity index (χ4v) is 3.62. The van der Waals surface area contributed by atoms with Crippen molar-refractivity contribution in [1.82, 2.24) is 14.9 Å². The molecule has 0 aromatic carbocycles. The zero-order valence-corrected chi connectivity index (χ0v) is 12.3. The standard InChI is InChI=1S/C10H18N4O2S2/c1-4-8(5-9(11)17)14-18(15,16)10-6(2)12-13-7(10)3/h8,14H,4-5H2,1-3H3,(H2,11,17)(H,12,13). The second-order valence-corrected chi connectivity index (χ2v) is 6.34. The molecule has 1 aromatic rings. The summed E-state index contributed by atoms with van der Waals surface area (Å²) in [5.41, 5.74) is 6.41. The van der Waals surface area contributed by atoms with E-state index in [2.05, 4.69) is 14.9 Å². The maximum absolute atomic E-state index is 12.2. The van der Waals surface area contributed by atoms with Gasteiger partial charge in [0.25, 0.3) is 0 Å². The third-order valence-electron chi connectivity index (χ3n) is 2.59. The Morgan fingerprint density at radius 1 is 1.56 bits per heavy atom. The van der Waals surface area contributed by atoms with Crippen molar-refractivity contribution in [1.29, 1.82) is 0 Å². The van der Waals surface area contributed by atoms with Crippen molar-refractivity contribution in [2.75, 3.05) is 0 Å². The lowest BCUT2D eigenvalue weighted by molar-refractivity contribution is 0.545. The normalized spacial score (nSPS) is 13.5. The number of nitrogens with two attached hydrogens (primary N) is 1. The van der Waals surface area contributed by atoms with E-state index in [4.69, 9.17) is 18.0 Å². The van der Waals surface area contributed by atoms with E-state index in [9.17, 15) is 8.42 Å². The predicted molar refractivity (Wildman–Crippen MR) is 73.9 cm³/mol. The van der Waals surface area contributed by atoms with E-state index in [1.54, 1.807) is 13.8 Å². The van der Waals surface area contributed by atoms with E-state index in [1.165, 1.54) is 0 Å². The fraction of sp³-hybridized carbons (Fsp3) is 0.600. The fourth-order valence-electron chi connectivity index (χ4n) is 1.73. The molecule has 0 fully saturated rings. The largest absolute Gasteiger partial charge is 0.393 e. The number of nitrogens with zero attached hydrogens (tertiary/aromatic N) is 1. The smallest absolute Gasteiger partial charge is 0.244 e. The SMILES string of the molecule is CCC(CC(N)=S)NS(=O)(=O)c1c(C)n[nH]c1C. The molecule has 0 bridgehead atoms. The number of H-pyrrole nitrogens is 1. The summed E-state index contributed by atoms with van der Waals surface area (Å²) in [6.07, 6.45) is 0.966. The van der Waals surface area contributed by atoms with Gasteiger partial charge in [0, 0.05) is 12.5 Å². The molecule has 1 aromatic heterocycles. The maximum Gasteiger partial charge on any atom is 0.244 e. The van der Waals surface area contributed by atoms with Crippen LogP contribution >= 0.6 is 12.2 Å². The summed E-state index contributed by atoms with van der Waals surface area (Å²) in [6, 6.07) is -0.291. The van der Waals surface area contributed by atoms with Crippen LogP contribution in [0.1, 0.15) is 31.2 Å². The van der Waals surface area contributed by atoms with Gasteiger partial charge in [-0.15, -0.1) is 0 Å². The Morgan fingerprint density at radius 3 is 2.56 bits per heavy atom. The molecule has 0 saturated heterocycles. The van der Waals surface area contributed by atoms with Crippen LogP contribution in [0.25, 0.3) is 0 Å². The van der Waals surface area contributed by atoms with E-state index in [-0.39, 0.29) is 10.9 Å². The first-order chi connectivity index (χ1) is 8.27. The Morgan fingerprint density at radius 2 is 2.17 bits per heavy atom. The molecule has 0 aliphatic rings. The van der Waals surface area contributed by atoms with Crippen molar-refractivity contribution in [2.24, 2.45) is 5.73 Å². The molecule has 6 nitrogen and oxygen atoms in total. The first-order valence-corrected chi connectivity index (χ1v) is 7.49. The van der Waals surface area contributed by atoms with Gasteiger partial charge in [0.1, 0.15) is 4.90 Å². The third-order valence-corrected chi connectivity index (χ3v) is 4.54. The van der Waals surface area contributed by atoms with Crippen molar-refractivity contribution in [3.05, 3.63) is 11.4 Å². The average molecular weight is 290 g/mol. The first-order valence-electron chi connectivity index (χ1n) is 5.60. The highest BCUT2D eigenvalue weighted by Crippen LogP contribution is 2.17. The van der Waals surface area contributed by atoms with Crippen LogP contribution in [-0.2, 0) is 10.0 Å². The summed E-state index contributed by atoms with van der Waals surface area (Å²) in [5.74, 6) is 0. The van der Waals surface area contributed by atoms with Gasteiger partial charge in [-0.25, -0.2) is 13.1 Å². The number of rotatable bonds is 6. The van der Waals surface area contributed by atoms with Crippen LogP contribution in [0.3, 0.4) is 0 Å². The predicted octanol–water partition coefficient (Wildman–Crippen LogP) is 0.760. The molecule has 18 heavy (non-hydrogen) atoms. The number of sulfonamides is 1. The van der Waals surface area contributed by atoms with Crippen molar-refractivity contribution >= 4 is 27.2 Å². The van der Waals surface area contributed by atoms with Crippen molar-refractivity contribution in [3.63, 3.8) is 0 Å². The number of hydrogen-bond donors (Lipinski definition) is 3. The van der Waals surface area contributed by atoms with E-state index in [0.29, 0.717) is 29.2 Å². The topological polar surface area (TPSA) is 101 Å². The molecule has 8 heteroatoms. The molecule has 0 amide bonds. The van der Waals surface area contributed by atoms with Gasteiger partial charge in [0.2, 0.25) is 10.0 Å². The minimum Gasteiger partial charge on any atom is -0.393 e. The number of nitrogens with one attached hydrogen (secondary N) is 2. The van der Waals surface area contributed by atoms with Crippen molar-refractivity contribution in [3.8, 4) is 0 Å². The van der Waals surface area contributed by atoms with Gasteiger partial charge in [-0.1, -0.05) is 19.1 Å². The summed E-state index contributed by atoms with van der Waals surface area (Å²) in [5, 5.41) is 6.54. The Kier molecular flexibility index (Phi) is 4.83. The summed E-state index contributed by atoms with van der Waals surface area (Å²) in [4.78, 5) is 0.495. The zero-order valence-electron chi connectivity index (χ0n) is 10.6. The second kappa shape index (κ2) is 5.77. The molecule has 0 aliphatic heterocycles. The van der Waals surface area contributed by atoms with Gasteiger partial charge >= 0.3 is 0 Å². The maximum atomic E-state index is 12.2. The van der Waals surface area contributed by atoms with Crippen LogP contribution in [0.4, 0.5) is 0 Å². The molecular formula is C10H18N4O2S2. The summed E-state index contributed by atoms with van der Waals surface area (Å²) in [7, 11) is -3.59. The Bertz CT molecular complexity index is 517. The number of thiocarbonyl (C=S) groups is 1. The van der Waals surface area contributed by atoms with Crippen LogP contribution in [0, 0.1) is 13.8 Å². The lowest BCUT2D eigenvalue weighted by atomic mass is 10.2. The Hall–Kier alpha value is -0.990. The lowest BCUT2D eigenvalue weighted by Gasteiger charge is -2.16. The van der Waals surface area contributed by atoms with Crippen LogP contribution in [-0.4, -0.2) is 29.6 Å². The van der Waals surface area contributed by atoms with E-state index in [1.807, 2.05) is 6.92 Å². The molecule has 1 heterocycles. The lowest BCUT2D eigenvalue weighted by Crippen LogP contribution is -2.37. The van der Waals surface area contributed by atoms with Gasteiger partial charge in [-0.05, 0) is 20.3 Å². The summed E-state index contributed by atoms with van der Waals surface area (Å²) < 4.78 is 27.1. The van der Waals surface area contributed by atoms with Crippen LogP contribution < -0.4 is 10.5 Å². The number of aryl methyl sites for hydroxylation is 2. The van der Waals surface area contributed by atoms with Crippen LogP contribution in [0.5, 0.6) is 0 Å². The molecule has 1 unspecified atom stereocenters. The molecular weight excluding hydrogens is 272 g/mol. The minimum atomic E-state index is -3.59. The molecule has 0 saturated carbocycles. The van der Waals surface area contributed by atoms with Gasteiger partial charge < -0.3 is 5.73 Å². The second-order valence-electron chi connectivity index (χ2n) is 4.16. The highest BCUT2D eigenvalue weighted by molar-refractivity contribution is 7.89. The van der Waals surface area contributed by atoms with Gasteiger partial charge in [-0.3, -0.25) is 5.10 Å². The zero-order chi connectivity index (χ0) is 13.9. The van der Waals surface area contributed by atoms with Crippen molar-refractivity contribution < 1.29 is 8.42 Å². The quantitative estimate of drug-likeness (QED) is 0.671. The highest BCUT2D eigenvalue weighted by atomic mass is 32.2. The third kappa shape index (κ3) is 3.50. The average Bonchev–Trinajstić information content (AvgIpc) is 2.56. The number of aromatic nitrogens is 2. The van der Waals surface area contributed by atoms with E-state index >= 15 is 0 Å². The Balaban J connectivity index is 2.98. The van der Waals surface area contributed by atoms with Crippen molar-refractivity contribution in [2.45, 2.75) is 44.6 Å². The molecule has 0 radical (unpaired) electrons. The minimum absolute atomic E-state index is 0.198. The molecule has 0 aliphatic carbocycles. The number of hydrogen-bond acceptors (Lipinski definition) is 4. The number of aromatic amines is 1. The van der Waals surface area contributed by atoms with Gasteiger partial charge in [-0.2, -0.15) is 5.10 Å². The Labute approximate surface area is 112 Å². The first kappa shape index (κ1) is 15.1. The van der Waals surface area contributed by atoms with Gasteiger partial charge in [0.15, 0.2) is 0 Å². The van der Waals surface area contributed by atoms with Gasteiger partial charge in [0.05, 0.1) is 16.4 Å². The van der Waals surface area contributed by atoms with E-state index < -0.39 is 10.0 Å². The molecule has 1 rings (SSSR count). The molecule has 4 N–H and O–H groups in total. The molecule has 102 valence electrons. The monoisotopic (exact) mass is 290 g/mol. The van der Waals surface area contributed by atoms with Crippen LogP contribution in [0.2, 0.25) is 0 Å². The highest BCUT2D eigenvalue weighted by Gasteiger charge is 2.25. The van der Waals surface area contributed by atoms with E-state index in [0.717, 1.165) is 0 Å². The van der Waals surface area contributed by atoms with Crippen LogP contribution in [0.15, 0.2) is 4.90 Å². The summed E-state index contributed by atoms with van der Waals surface area (Å²) >= 11 is 4.80.